The number of nitrogens with zero attached hydrogens (tertiary/aromatic N) is 2. The molecule has 1 rings (SSSR count). The zero-order valence-corrected chi connectivity index (χ0v) is 7.49. The van der Waals surface area contributed by atoms with Gasteiger partial charge in [-0.15, -0.1) is 5.10 Å². The molecular formula is C5H6IN3O. The van der Waals surface area contributed by atoms with E-state index >= 15 is 0 Å². The maximum atomic E-state index is 5.43. The Balaban J connectivity index is 3.17. The Hall–Kier alpha value is -0.590. The Morgan fingerprint density at radius 1 is 1.70 bits per heavy atom. The number of methoxy groups -OCH3 is 1. The van der Waals surface area contributed by atoms with Gasteiger partial charge in [0.1, 0.15) is 0 Å². The van der Waals surface area contributed by atoms with Crippen LogP contribution in [0, 0.1) is 3.57 Å². The number of anilines is 1. The maximum absolute atomic E-state index is 5.43. The molecule has 5 heteroatoms. The molecule has 2 N–H and O–H groups in total. The SMILES string of the molecule is COc1c(I)cnnc1N. The summed E-state index contributed by atoms with van der Waals surface area (Å²) in [6.45, 7) is 0. The van der Waals surface area contributed by atoms with E-state index in [-0.39, 0.29) is 0 Å². The Morgan fingerprint density at radius 2 is 2.40 bits per heavy atom. The summed E-state index contributed by atoms with van der Waals surface area (Å²) in [5.41, 5.74) is 5.43. The van der Waals surface area contributed by atoms with E-state index in [1.807, 2.05) is 0 Å². The van der Waals surface area contributed by atoms with Gasteiger partial charge >= 0.3 is 0 Å². The van der Waals surface area contributed by atoms with Gasteiger partial charge in [-0.05, 0) is 22.6 Å². The van der Waals surface area contributed by atoms with Gasteiger partial charge in [0.05, 0.1) is 16.9 Å². The van der Waals surface area contributed by atoms with E-state index in [0.29, 0.717) is 11.6 Å². The molecule has 0 aromatic carbocycles. The third kappa shape index (κ3) is 1.28. The minimum atomic E-state index is 0.328. The zero-order valence-electron chi connectivity index (χ0n) is 5.34. The number of rotatable bonds is 1. The molecule has 0 bridgehead atoms. The van der Waals surface area contributed by atoms with Crippen LogP contribution in [-0.2, 0) is 0 Å². The number of hydrogen-bond donors (Lipinski definition) is 1. The van der Waals surface area contributed by atoms with Crippen molar-refractivity contribution in [3.05, 3.63) is 9.77 Å². The van der Waals surface area contributed by atoms with E-state index in [2.05, 4.69) is 32.8 Å². The standard InChI is InChI=1S/C5H6IN3O/c1-10-4-3(6)2-8-9-5(4)7/h2H,1H3,(H2,7,9). The largest absolute Gasteiger partial charge is 0.492 e. The summed E-state index contributed by atoms with van der Waals surface area (Å²) in [7, 11) is 1.55. The van der Waals surface area contributed by atoms with Crippen LogP contribution in [0.3, 0.4) is 0 Å². The average molecular weight is 251 g/mol. The van der Waals surface area contributed by atoms with Crippen LogP contribution in [0.15, 0.2) is 6.20 Å². The summed E-state index contributed by atoms with van der Waals surface area (Å²) < 4.78 is 5.81. The average Bonchev–Trinajstić information content (AvgIpc) is 1.88. The van der Waals surface area contributed by atoms with Crippen LogP contribution in [0.25, 0.3) is 0 Å². The molecule has 54 valence electrons. The molecule has 1 heterocycles. The van der Waals surface area contributed by atoms with Crippen LogP contribution in [-0.4, -0.2) is 17.3 Å². The maximum Gasteiger partial charge on any atom is 0.189 e. The molecule has 0 aliphatic carbocycles. The minimum absolute atomic E-state index is 0.328. The highest BCUT2D eigenvalue weighted by atomic mass is 127. The summed E-state index contributed by atoms with van der Waals surface area (Å²) in [6, 6.07) is 0. The smallest absolute Gasteiger partial charge is 0.189 e. The molecule has 0 saturated heterocycles. The molecule has 10 heavy (non-hydrogen) atoms. The molecule has 0 unspecified atom stereocenters. The van der Waals surface area contributed by atoms with Crippen molar-refractivity contribution in [1.82, 2.24) is 10.2 Å². The zero-order chi connectivity index (χ0) is 7.56. The third-order valence-electron chi connectivity index (χ3n) is 0.990. The summed E-state index contributed by atoms with van der Waals surface area (Å²) >= 11 is 2.08. The normalized spacial score (nSPS) is 9.40. The van der Waals surface area contributed by atoms with Gasteiger partial charge in [0.25, 0.3) is 0 Å². The van der Waals surface area contributed by atoms with Crippen molar-refractivity contribution in [2.45, 2.75) is 0 Å². The van der Waals surface area contributed by atoms with Crippen LogP contribution in [0.5, 0.6) is 5.75 Å². The first-order valence-corrected chi connectivity index (χ1v) is 3.64. The van der Waals surface area contributed by atoms with Crippen LogP contribution >= 0.6 is 22.6 Å². The van der Waals surface area contributed by atoms with Crippen molar-refractivity contribution in [3.63, 3.8) is 0 Å². The van der Waals surface area contributed by atoms with Gasteiger partial charge < -0.3 is 10.5 Å². The van der Waals surface area contributed by atoms with E-state index in [1.165, 1.54) is 0 Å². The second-order valence-corrected chi connectivity index (χ2v) is 2.77. The van der Waals surface area contributed by atoms with E-state index in [9.17, 15) is 0 Å². The Labute approximate surface area is 71.9 Å². The summed E-state index contributed by atoms with van der Waals surface area (Å²) in [5.74, 6) is 0.921. The molecule has 0 spiro atoms. The number of nitrogens with two attached hydrogens (primary N) is 1. The lowest BCUT2D eigenvalue weighted by molar-refractivity contribution is 0.411. The van der Waals surface area contributed by atoms with Gasteiger partial charge in [-0.3, -0.25) is 0 Å². The molecule has 1 aromatic heterocycles. The van der Waals surface area contributed by atoms with Gasteiger partial charge in [-0.25, -0.2) is 0 Å². The van der Waals surface area contributed by atoms with Crippen LogP contribution in [0.4, 0.5) is 5.82 Å². The lowest BCUT2D eigenvalue weighted by Crippen LogP contribution is -1.99. The monoisotopic (exact) mass is 251 g/mol. The summed E-state index contributed by atoms with van der Waals surface area (Å²) in [5, 5.41) is 7.24. The van der Waals surface area contributed by atoms with E-state index < -0.39 is 0 Å². The predicted molar refractivity (Wildman–Crippen MR) is 45.7 cm³/mol. The fourth-order valence-electron chi connectivity index (χ4n) is 0.570. The summed E-state index contributed by atoms with van der Waals surface area (Å²) in [6.07, 6.45) is 1.59. The summed E-state index contributed by atoms with van der Waals surface area (Å²) in [4.78, 5) is 0. The van der Waals surface area contributed by atoms with Gasteiger partial charge in [-0.1, -0.05) is 0 Å². The van der Waals surface area contributed by atoms with Gasteiger partial charge in [0.15, 0.2) is 11.6 Å². The molecule has 4 nitrogen and oxygen atoms in total. The molecule has 0 atom stereocenters. The van der Waals surface area contributed by atoms with Crippen molar-refractivity contribution in [2.24, 2.45) is 0 Å². The molecule has 0 aliphatic rings. The van der Waals surface area contributed by atoms with Crippen LogP contribution in [0.2, 0.25) is 0 Å². The molecule has 0 radical (unpaired) electrons. The highest BCUT2D eigenvalue weighted by Crippen LogP contribution is 2.23. The molecular weight excluding hydrogens is 245 g/mol. The van der Waals surface area contributed by atoms with Gasteiger partial charge in [-0.2, -0.15) is 5.10 Å². The van der Waals surface area contributed by atoms with Gasteiger partial charge in [0, 0.05) is 0 Å². The first-order chi connectivity index (χ1) is 4.75. The number of nitrogen functional groups attached to an aromatic ring is 1. The quantitative estimate of drug-likeness (QED) is 0.745. The van der Waals surface area contributed by atoms with Crippen LogP contribution in [0.1, 0.15) is 0 Å². The molecule has 0 fully saturated rings. The second-order valence-electron chi connectivity index (χ2n) is 1.61. The minimum Gasteiger partial charge on any atom is -0.492 e. The first-order valence-electron chi connectivity index (χ1n) is 2.56. The fraction of sp³-hybridized carbons (Fsp3) is 0.200. The first kappa shape index (κ1) is 7.52. The topological polar surface area (TPSA) is 61.0 Å². The van der Waals surface area contributed by atoms with Crippen molar-refractivity contribution in [3.8, 4) is 5.75 Å². The number of aromatic nitrogens is 2. The highest BCUT2D eigenvalue weighted by Gasteiger charge is 2.03. The lowest BCUT2D eigenvalue weighted by atomic mass is 10.5. The van der Waals surface area contributed by atoms with Crippen molar-refractivity contribution >= 4 is 28.4 Å². The van der Waals surface area contributed by atoms with Crippen LogP contribution < -0.4 is 10.5 Å². The molecule has 0 aliphatic heterocycles. The highest BCUT2D eigenvalue weighted by molar-refractivity contribution is 14.1. The number of ether oxygens (including phenoxy) is 1. The lowest BCUT2D eigenvalue weighted by Gasteiger charge is -2.02. The van der Waals surface area contributed by atoms with E-state index in [0.717, 1.165) is 3.57 Å². The third-order valence-corrected chi connectivity index (χ3v) is 1.76. The van der Waals surface area contributed by atoms with E-state index in [1.54, 1.807) is 13.3 Å². The Morgan fingerprint density at radius 3 is 2.80 bits per heavy atom. The Bertz CT molecular complexity index is 220. The molecule has 0 amide bonds. The molecule has 0 saturated carbocycles. The van der Waals surface area contributed by atoms with E-state index in [4.69, 9.17) is 10.5 Å². The van der Waals surface area contributed by atoms with Crippen molar-refractivity contribution < 1.29 is 4.74 Å². The molecule has 1 aromatic rings. The van der Waals surface area contributed by atoms with Crippen molar-refractivity contribution in [1.29, 1.82) is 0 Å². The van der Waals surface area contributed by atoms with Crippen molar-refractivity contribution in [2.75, 3.05) is 12.8 Å². The fourth-order valence-corrected chi connectivity index (χ4v) is 1.19. The van der Waals surface area contributed by atoms with Gasteiger partial charge in [0.2, 0.25) is 0 Å². The Kier molecular flexibility index (Phi) is 2.25. The predicted octanol–water partition coefficient (Wildman–Crippen LogP) is 0.672. The second kappa shape index (κ2) is 3.00. The number of hydrogen-bond acceptors (Lipinski definition) is 4. The number of halogens is 1.